The molecule has 2 N–H and O–H groups in total. The van der Waals surface area contributed by atoms with Crippen LogP contribution in [-0.4, -0.2) is 45.0 Å². The van der Waals surface area contributed by atoms with Gasteiger partial charge in [0.25, 0.3) is 0 Å². The molecule has 0 bridgehead atoms. The standard InChI is InChI=1S/C18H28ClN3O2.HI/c1-4-20-17(21-13-18(23-3)9-11-24-12-10-18)22-14(2)15-7-5-6-8-16(15)19;/h5-8,14H,4,9-13H2,1-3H3,(H2,20,21,22);1H. The first-order valence-electron chi connectivity index (χ1n) is 8.52. The van der Waals surface area contributed by atoms with E-state index in [1.807, 2.05) is 24.3 Å². The largest absolute Gasteiger partial charge is 0.381 e. The van der Waals surface area contributed by atoms with Crippen LogP contribution in [0.15, 0.2) is 29.3 Å². The Morgan fingerprint density at radius 2 is 2.04 bits per heavy atom. The van der Waals surface area contributed by atoms with E-state index < -0.39 is 0 Å². The maximum absolute atomic E-state index is 6.29. The summed E-state index contributed by atoms with van der Waals surface area (Å²) in [6, 6.07) is 7.92. The molecule has 1 aromatic carbocycles. The topological polar surface area (TPSA) is 54.9 Å². The summed E-state index contributed by atoms with van der Waals surface area (Å²) in [5.41, 5.74) is 0.825. The van der Waals surface area contributed by atoms with Gasteiger partial charge in [0.1, 0.15) is 0 Å². The molecule has 1 saturated heterocycles. The van der Waals surface area contributed by atoms with Crippen LogP contribution in [0.1, 0.15) is 38.3 Å². The maximum Gasteiger partial charge on any atom is 0.191 e. The molecule has 1 atom stereocenters. The molecular weight excluding hydrogens is 453 g/mol. The molecule has 1 aliphatic rings. The first-order chi connectivity index (χ1) is 11.6. The van der Waals surface area contributed by atoms with Crippen molar-refractivity contribution < 1.29 is 9.47 Å². The summed E-state index contributed by atoms with van der Waals surface area (Å²) >= 11 is 6.29. The normalized spacial score (nSPS) is 18.2. The van der Waals surface area contributed by atoms with E-state index in [-0.39, 0.29) is 35.6 Å². The Balaban J connectivity index is 0.00000312. The van der Waals surface area contributed by atoms with Crippen molar-refractivity contribution >= 4 is 41.5 Å². The summed E-state index contributed by atoms with van der Waals surface area (Å²) in [6.45, 7) is 6.99. The Morgan fingerprint density at radius 1 is 1.36 bits per heavy atom. The third kappa shape index (κ3) is 6.58. The number of nitrogens with zero attached hydrogens (tertiary/aromatic N) is 1. The highest BCUT2D eigenvalue weighted by Crippen LogP contribution is 2.25. The van der Waals surface area contributed by atoms with Gasteiger partial charge in [-0.2, -0.15) is 0 Å². The van der Waals surface area contributed by atoms with Gasteiger partial charge in [-0.3, -0.25) is 4.99 Å². The Labute approximate surface area is 172 Å². The van der Waals surface area contributed by atoms with Gasteiger partial charge in [0.2, 0.25) is 0 Å². The van der Waals surface area contributed by atoms with Gasteiger partial charge in [0, 0.05) is 44.7 Å². The van der Waals surface area contributed by atoms with E-state index in [0.717, 1.165) is 49.1 Å². The Hall–Kier alpha value is -0.570. The Bertz CT molecular complexity index is 551. The van der Waals surface area contributed by atoms with Crippen LogP contribution in [0.25, 0.3) is 0 Å². The van der Waals surface area contributed by atoms with Gasteiger partial charge in [-0.1, -0.05) is 29.8 Å². The lowest BCUT2D eigenvalue weighted by molar-refractivity contribution is -0.0828. The number of nitrogens with one attached hydrogen (secondary N) is 2. The maximum atomic E-state index is 6.29. The van der Waals surface area contributed by atoms with Crippen LogP contribution in [0.5, 0.6) is 0 Å². The zero-order valence-corrected chi connectivity index (χ0v) is 18.3. The molecule has 0 amide bonds. The molecule has 0 aromatic heterocycles. The first-order valence-corrected chi connectivity index (χ1v) is 8.90. The van der Waals surface area contributed by atoms with Crippen molar-refractivity contribution in [3.05, 3.63) is 34.9 Å². The van der Waals surface area contributed by atoms with Crippen LogP contribution >= 0.6 is 35.6 Å². The minimum atomic E-state index is -0.228. The molecule has 1 unspecified atom stereocenters. The molecule has 0 spiro atoms. The van der Waals surface area contributed by atoms with Gasteiger partial charge in [-0.25, -0.2) is 0 Å². The highest BCUT2D eigenvalue weighted by Gasteiger charge is 2.32. The minimum absolute atomic E-state index is 0. The first kappa shape index (κ1) is 22.5. The zero-order valence-electron chi connectivity index (χ0n) is 15.2. The van der Waals surface area contributed by atoms with E-state index in [4.69, 9.17) is 26.1 Å². The number of guanidine groups is 1. The highest BCUT2D eigenvalue weighted by molar-refractivity contribution is 14.0. The van der Waals surface area contributed by atoms with E-state index in [0.29, 0.717) is 6.54 Å². The number of rotatable bonds is 6. The third-order valence-corrected chi connectivity index (χ3v) is 4.78. The van der Waals surface area contributed by atoms with E-state index in [1.54, 1.807) is 7.11 Å². The summed E-state index contributed by atoms with van der Waals surface area (Å²) in [6.07, 6.45) is 1.74. The zero-order chi connectivity index (χ0) is 17.4. The van der Waals surface area contributed by atoms with Crippen molar-refractivity contribution in [1.82, 2.24) is 10.6 Å². The molecule has 1 fully saturated rings. The van der Waals surface area contributed by atoms with Crippen LogP contribution in [0.2, 0.25) is 5.02 Å². The molecule has 0 saturated carbocycles. The average molecular weight is 482 g/mol. The van der Waals surface area contributed by atoms with Gasteiger partial charge in [-0.05, 0) is 25.5 Å². The summed E-state index contributed by atoms with van der Waals surface area (Å²) < 4.78 is 11.2. The summed E-state index contributed by atoms with van der Waals surface area (Å²) in [5.74, 6) is 0.771. The molecule has 142 valence electrons. The molecule has 0 aliphatic carbocycles. The van der Waals surface area contributed by atoms with Crippen LogP contribution in [0, 0.1) is 0 Å². The second kappa shape index (κ2) is 11.2. The van der Waals surface area contributed by atoms with Crippen LogP contribution in [0.4, 0.5) is 0 Å². The summed E-state index contributed by atoms with van der Waals surface area (Å²) in [4.78, 5) is 4.75. The second-order valence-electron chi connectivity index (χ2n) is 6.08. The van der Waals surface area contributed by atoms with Crippen LogP contribution in [0.3, 0.4) is 0 Å². The lowest BCUT2D eigenvalue weighted by Crippen LogP contribution is -2.44. The predicted octanol–water partition coefficient (Wildman–Crippen LogP) is 3.77. The fraction of sp³-hybridized carbons (Fsp3) is 0.611. The molecule has 2 rings (SSSR count). The molecule has 7 heteroatoms. The molecule has 1 aliphatic heterocycles. The fourth-order valence-electron chi connectivity index (χ4n) is 2.82. The van der Waals surface area contributed by atoms with Gasteiger partial charge < -0.3 is 20.1 Å². The minimum Gasteiger partial charge on any atom is -0.381 e. The third-order valence-electron chi connectivity index (χ3n) is 4.43. The van der Waals surface area contributed by atoms with Crippen LogP contribution in [-0.2, 0) is 9.47 Å². The van der Waals surface area contributed by atoms with Crippen molar-refractivity contribution in [2.24, 2.45) is 4.99 Å². The number of hydrogen-bond acceptors (Lipinski definition) is 3. The molecular formula is C18H29ClIN3O2. The summed E-state index contributed by atoms with van der Waals surface area (Å²) in [5, 5.41) is 7.47. The van der Waals surface area contributed by atoms with Crippen molar-refractivity contribution in [2.45, 2.75) is 38.3 Å². The van der Waals surface area contributed by atoms with E-state index in [2.05, 4.69) is 24.5 Å². The van der Waals surface area contributed by atoms with Gasteiger partial charge >= 0.3 is 0 Å². The number of benzene rings is 1. The molecule has 25 heavy (non-hydrogen) atoms. The van der Waals surface area contributed by atoms with Gasteiger partial charge in [0.05, 0.1) is 18.2 Å². The van der Waals surface area contributed by atoms with Crippen molar-refractivity contribution in [3.63, 3.8) is 0 Å². The molecule has 1 heterocycles. The van der Waals surface area contributed by atoms with Gasteiger partial charge in [-0.15, -0.1) is 24.0 Å². The van der Waals surface area contributed by atoms with Crippen LogP contribution < -0.4 is 10.6 Å². The number of aliphatic imine (C=N–C) groups is 1. The Morgan fingerprint density at radius 3 is 2.64 bits per heavy atom. The van der Waals surface area contributed by atoms with E-state index in [9.17, 15) is 0 Å². The summed E-state index contributed by atoms with van der Waals surface area (Å²) in [7, 11) is 1.76. The Kier molecular flexibility index (Phi) is 10.1. The number of ether oxygens (including phenoxy) is 2. The number of methoxy groups -OCH3 is 1. The predicted molar refractivity (Wildman–Crippen MR) is 114 cm³/mol. The van der Waals surface area contributed by atoms with Crippen molar-refractivity contribution in [3.8, 4) is 0 Å². The van der Waals surface area contributed by atoms with Crippen molar-refractivity contribution in [2.75, 3.05) is 33.4 Å². The number of halogens is 2. The van der Waals surface area contributed by atoms with E-state index >= 15 is 0 Å². The molecule has 0 radical (unpaired) electrons. The lowest BCUT2D eigenvalue weighted by atomic mass is 9.94. The molecule has 1 aromatic rings. The van der Waals surface area contributed by atoms with Gasteiger partial charge in [0.15, 0.2) is 5.96 Å². The lowest BCUT2D eigenvalue weighted by Gasteiger charge is -2.34. The SMILES string of the molecule is CCNC(=NCC1(OC)CCOCC1)NC(C)c1ccccc1Cl.I. The average Bonchev–Trinajstić information content (AvgIpc) is 2.61. The highest BCUT2D eigenvalue weighted by atomic mass is 127. The fourth-order valence-corrected chi connectivity index (χ4v) is 3.12. The van der Waals surface area contributed by atoms with Crippen molar-refractivity contribution in [1.29, 1.82) is 0 Å². The quantitative estimate of drug-likeness (QED) is 0.369. The second-order valence-corrected chi connectivity index (χ2v) is 6.49. The smallest absolute Gasteiger partial charge is 0.191 e. The number of hydrogen-bond donors (Lipinski definition) is 2. The monoisotopic (exact) mass is 481 g/mol. The molecule has 5 nitrogen and oxygen atoms in total. The van der Waals surface area contributed by atoms with E-state index in [1.165, 1.54) is 0 Å².